The number of hydrogen-bond donors (Lipinski definition) is 1. The number of halogens is 2. The van der Waals surface area contributed by atoms with Crippen molar-refractivity contribution >= 4 is 46.6 Å². The maximum absolute atomic E-state index is 14.6. The summed E-state index contributed by atoms with van der Waals surface area (Å²) in [5, 5.41) is 2.92. The lowest BCUT2D eigenvalue weighted by Crippen LogP contribution is -2.57. The summed E-state index contributed by atoms with van der Waals surface area (Å²) < 4.78 is 5.52. The first kappa shape index (κ1) is 27.7. The zero-order chi connectivity index (χ0) is 29.9. The molecular weight excluding hydrogens is 583 g/mol. The molecule has 0 unspecified atom stereocenters. The minimum Gasteiger partial charge on any atom is -0.494 e. The van der Waals surface area contributed by atoms with E-state index >= 15 is 0 Å². The van der Waals surface area contributed by atoms with Crippen LogP contribution in [0.2, 0.25) is 0 Å². The van der Waals surface area contributed by atoms with Gasteiger partial charge >= 0.3 is 0 Å². The molecule has 0 saturated carbocycles. The van der Waals surface area contributed by atoms with Gasteiger partial charge in [-0.05, 0) is 59.0 Å². The topological polar surface area (TPSA) is 75.7 Å². The maximum atomic E-state index is 14.6. The number of anilines is 1. The maximum Gasteiger partial charge on any atom is 0.248 e. The molecule has 8 heteroatoms. The molecule has 4 aliphatic rings. The standard InChI is InChI=1S/C35H28Cl2N2O4/c1-2-43-23-18-16-22(17-19-23)38-31(40)28(20-21-10-4-3-5-11-21)39-32(41)29-30(33(39)42)35(37)25-13-7-6-12-24(25)34(29,36)26-14-8-9-15-27(26)35/h3-19,28-30H,2,20H2,1H3,(H,38,40)/t28-,29-,30+,34?,35?/m0/s1. The average Bonchev–Trinajstić information content (AvgIpc) is 3.30. The highest BCUT2D eigenvalue weighted by Crippen LogP contribution is 2.69. The Labute approximate surface area is 259 Å². The van der Waals surface area contributed by atoms with Crippen molar-refractivity contribution in [2.24, 2.45) is 11.8 Å². The Hall–Kier alpha value is -4.13. The van der Waals surface area contributed by atoms with Gasteiger partial charge in [0.1, 0.15) is 21.5 Å². The van der Waals surface area contributed by atoms with Gasteiger partial charge in [-0.15, -0.1) is 23.2 Å². The van der Waals surface area contributed by atoms with E-state index < -0.39 is 45.3 Å². The van der Waals surface area contributed by atoms with E-state index in [0.717, 1.165) is 10.5 Å². The third-order valence-corrected chi connectivity index (χ3v) is 10.2. The van der Waals surface area contributed by atoms with Crippen LogP contribution in [0.1, 0.15) is 34.7 Å². The zero-order valence-electron chi connectivity index (χ0n) is 23.3. The average molecular weight is 612 g/mol. The van der Waals surface area contributed by atoms with Crippen molar-refractivity contribution in [3.63, 3.8) is 0 Å². The molecular formula is C35H28Cl2N2O4. The lowest BCUT2D eigenvalue weighted by Gasteiger charge is -2.54. The van der Waals surface area contributed by atoms with Gasteiger partial charge in [0.05, 0.1) is 18.4 Å². The van der Waals surface area contributed by atoms with E-state index in [2.05, 4.69) is 5.32 Å². The van der Waals surface area contributed by atoms with Crippen molar-refractivity contribution in [1.82, 2.24) is 4.90 Å². The highest BCUT2D eigenvalue weighted by atomic mass is 35.5. The second-order valence-corrected chi connectivity index (χ2v) is 12.4. The zero-order valence-corrected chi connectivity index (χ0v) is 24.8. The Morgan fingerprint density at radius 1 is 0.767 bits per heavy atom. The molecule has 8 rings (SSSR count). The Bertz CT molecular complexity index is 1640. The SMILES string of the molecule is CCOc1ccc(NC(=O)[C@H](Cc2ccccc2)N2C(=O)[C@@H]3[C@H](C2=O)C2(Cl)c4ccccc4C3(Cl)c3ccccc32)cc1. The fraction of sp³-hybridized carbons (Fsp3) is 0.229. The van der Waals surface area contributed by atoms with Crippen molar-refractivity contribution in [1.29, 1.82) is 0 Å². The predicted molar refractivity (Wildman–Crippen MR) is 165 cm³/mol. The van der Waals surface area contributed by atoms with E-state index in [4.69, 9.17) is 27.9 Å². The molecule has 2 bridgehead atoms. The van der Waals surface area contributed by atoms with Crippen LogP contribution in [0.4, 0.5) is 5.69 Å². The molecule has 1 heterocycles. The first-order chi connectivity index (χ1) is 20.8. The molecule has 1 N–H and O–H groups in total. The molecule has 6 nitrogen and oxygen atoms in total. The van der Waals surface area contributed by atoms with Crippen LogP contribution in [0, 0.1) is 11.8 Å². The fourth-order valence-electron chi connectivity index (χ4n) is 7.16. The summed E-state index contributed by atoms with van der Waals surface area (Å²) in [6, 6.07) is 30.2. The normalized spacial score (nSPS) is 25.5. The molecule has 4 aromatic carbocycles. The molecule has 1 aliphatic heterocycles. The van der Waals surface area contributed by atoms with Crippen molar-refractivity contribution in [2.45, 2.75) is 29.1 Å². The third-order valence-electron chi connectivity index (χ3n) is 8.94. The van der Waals surface area contributed by atoms with Crippen LogP contribution < -0.4 is 10.1 Å². The van der Waals surface area contributed by atoms with Crippen molar-refractivity contribution < 1.29 is 19.1 Å². The molecule has 1 saturated heterocycles. The summed E-state index contributed by atoms with van der Waals surface area (Å²) in [6.07, 6.45) is 0.130. The summed E-state index contributed by atoms with van der Waals surface area (Å²) in [7, 11) is 0. The minimum atomic E-state index is -1.32. The van der Waals surface area contributed by atoms with Gasteiger partial charge in [-0.3, -0.25) is 19.3 Å². The van der Waals surface area contributed by atoms with Crippen LogP contribution in [-0.4, -0.2) is 35.3 Å². The van der Waals surface area contributed by atoms with E-state index in [1.165, 1.54) is 0 Å². The van der Waals surface area contributed by atoms with Gasteiger partial charge in [0.25, 0.3) is 0 Å². The number of carbonyl (C=O) groups is 3. The summed E-state index contributed by atoms with van der Waals surface area (Å²) in [4.78, 5) is 41.7. The van der Waals surface area contributed by atoms with Crippen LogP contribution in [0.3, 0.4) is 0 Å². The number of alkyl halides is 2. The molecule has 0 spiro atoms. The lowest BCUT2D eigenvalue weighted by atomic mass is 9.54. The lowest BCUT2D eigenvalue weighted by molar-refractivity contribution is -0.146. The monoisotopic (exact) mass is 610 g/mol. The number of carbonyl (C=O) groups excluding carboxylic acids is 3. The van der Waals surface area contributed by atoms with Gasteiger partial charge in [0, 0.05) is 12.1 Å². The third kappa shape index (κ3) is 3.96. The molecule has 1 fully saturated rings. The second-order valence-electron chi connectivity index (χ2n) is 11.2. The summed E-state index contributed by atoms with van der Waals surface area (Å²) in [5.41, 5.74) is 4.19. The van der Waals surface area contributed by atoms with Crippen LogP contribution in [0.5, 0.6) is 5.75 Å². The first-order valence-electron chi connectivity index (χ1n) is 14.3. The van der Waals surface area contributed by atoms with Crippen LogP contribution in [0.15, 0.2) is 103 Å². The molecule has 0 aromatic heterocycles. The number of nitrogens with zero attached hydrogens (tertiary/aromatic N) is 1. The molecule has 0 radical (unpaired) electrons. The molecule has 4 aromatic rings. The number of nitrogens with one attached hydrogen (secondary N) is 1. The fourth-order valence-corrected chi connectivity index (χ4v) is 8.26. The number of amides is 3. The highest BCUT2D eigenvalue weighted by Gasteiger charge is 2.73. The van der Waals surface area contributed by atoms with E-state index in [-0.39, 0.29) is 6.42 Å². The number of likely N-dealkylation sites (tertiary alicyclic amines) is 1. The van der Waals surface area contributed by atoms with E-state index in [1.54, 1.807) is 24.3 Å². The summed E-state index contributed by atoms with van der Waals surface area (Å²) >= 11 is 15.2. The minimum absolute atomic E-state index is 0.130. The summed E-state index contributed by atoms with van der Waals surface area (Å²) in [6.45, 7) is 2.41. The van der Waals surface area contributed by atoms with Gasteiger partial charge in [-0.25, -0.2) is 0 Å². The van der Waals surface area contributed by atoms with Gasteiger partial charge < -0.3 is 10.1 Å². The Morgan fingerprint density at radius 3 is 1.70 bits per heavy atom. The number of ether oxygens (including phenoxy) is 1. The molecule has 3 atom stereocenters. The first-order valence-corrected chi connectivity index (χ1v) is 15.1. The Balaban J connectivity index is 1.32. The second kappa shape index (κ2) is 10.2. The van der Waals surface area contributed by atoms with Crippen LogP contribution in [-0.2, 0) is 30.6 Å². The Morgan fingerprint density at radius 2 is 1.23 bits per heavy atom. The highest BCUT2D eigenvalue weighted by molar-refractivity contribution is 6.36. The number of rotatable bonds is 7. The van der Waals surface area contributed by atoms with Crippen LogP contribution >= 0.6 is 23.2 Å². The summed E-state index contributed by atoms with van der Waals surface area (Å²) in [5.74, 6) is -2.78. The van der Waals surface area contributed by atoms with Gasteiger partial charge in [-0.1, -0.05) is 78.9 Å². The predicted octanol–water partition coefficient (Wildman–Crippen LogP) is 6.23. The smallest absolute Gasteiger partial charge is 0.248 e. The largest absolute Gasteiger partial charge is 0.494 e. The van der Waals surface area contributed by atoms with E-state index in [9.17, 15) is 14.4 Å². The van der Waals surface area contributed by atoms with E-state index in [0.29, 0.717) is 40.3 Å². The molecule has 3 amide bonds. The van der Waals surface area contributed by atoms with Gasteiger partial charge in [-0.2, -0.15) is 0 Å². The number of benzene rings is 4. The van der Waals surface area contributed by atoms with Gasteiger partial charge in [0.15, 0.2) is 0 Å². The van der Waals surface area contributed by atoms with Crippen molar-refractivity contribution in [2.75, 3.05) is 11.9 Å². The number of hydrogen-bond acceptors (Lipinski definition) is 4. The van der Waals surface area contributed by atoms with Gasteiger partial charge in [0.2, 0.25) is 17.7 Å². The molecule has 3 aliphatic carbocycles. The molecule has 216 valence electrons. The van der Waals surface area contributed by atoms with Crippen LogP contribution in [0.25, 0.3) is 0 Å². The number of imide groups is 1. The quantitative estimate of drug-likeness (QED) is 0.199. The van der Waals surface area contributed by atoms with Crippen molar-refractivity contribution in [3.05, 3.63) is 131 Å². The molecule has 43 heavy (non-hydrogen) atoms. The Kier molecular flexibility index (Phi) is 6.60. The van der Waals surface area contributed by atoms with E-state index in [1.807, 2.05) is 85.8 Å². The van der Waals surface area contributed by atoms with Crippen molar-refractivity contribution in [3.8, 4) is 5.75 Å².